The van der Waals surface area contributed by atoms with E-state index < -0.39 is 0 Å². The number of para-hydroxylation sites is 3. The highest BCUT2D eigenvalue weighted by molar-refractivity contribution is 6.09. The van der Waals surface area contributed by atoms with Gasteiger partial charge in [-0.3, -0.25) is 0 Å². The molecule has 0 aliphatic heterocycles. The molecule has 1 heterocycles. The lowest BCUT2D eigenvalue weighted by Gasteiger charge is -2.26. The van der Waals surface area contributed by atoms with Gasteiger partial charge in [-0.2, -0.15) is 0 Å². The molecule has 0 unspecified atom stereocenters. The van der Waals surface area contributed by atoms with Crippen molar-refractivity contribution < 1.29 is 4.42 Å². The zero-order valence-corrected chi connectivity index (χ0v) is 29.9. The second kappa shape index (κ2) is 11.6. The summed E-state index contributed by atoms with van der Waals surface area (Å²) in [6.45, 7) is 11.6. The van der Waals surface area contributed by atoms with Crippen LogP contribution in [0.2, 0.25) is 0 Å². The van der Waals surface area contributed by atoms with Crippen molar-refractivity contribution in [1.29, 1.82) is 0 Å². The number of hydrogen-bond acceptors (Lipinski definition) is 2. The summed E-state index contributed by atoms with van der Waals surface area (Å²) < 4.78 is 6.43. The number of fused-ring (bicyclic) bond motifs is 6. The summed E-state index contributed by atoms with van der Waals surface area (Å²) in [5.74, 6) is 0. The Hall–Kier alpha value is -5.86. The Labute approximate surface area is 300 Å². The molecule has 8 aromatic rings. The predicted molar refractivity (Wildman–Crippen MR) is 216 cm³/mol. The zero-order chi connectivity index (χ0) is 34.9. The van der Waals surface area contributed by atoms with E-state index in [1.54, 1.807) is 0 Å². The van der Waals surface area contributed by atoms with E-state index in [2.05, 4.69) is 185 Å². The summed E-state index contributed by atoms with van der Waals surface area (Å²) in [4.78, 5) is 2.33. The molecule has 0 atom stereocenters. The Morgan fingerprint density at radius 3 is 1.96 bits per heavy atom. The largest absolute Gasteiger partial charge is 0.455 e. The van der Waals surface area contributed by atoms with Gasteiger partial charge in [0, 0.05) is 38.8 Å². The van der Waals surface area contributed by atoms with Crippen LogP contribution < -0.4 is 4.90 Å². The first-order chi connectivity index (χ1) is 24.7. The molecule has 1 aromatic heterocycles. The van der Waals surface area contributed by atoms with Crippen LogP contribution in [-0.4, -0.2) is 0 Å². The van der Waals surface area contributed by atoms with Gasteiger partial charge in [0.05, 0.1) is 0 Å². The third-order valence-corrected chi connectivity index (χ3v) is 10.8. The van der Waals surface area contributed by atoms with Crippen LogP contribution in [0.3, 0.4) is 0 Å². The van der Waals surface area contributed by atoms with E-state index in [9.17, 15) is 0 Å². The molecule has 248 valence electrons. The number of rotatable bonds is 5. The standard InChI is InChI=1S/C49H41NO/c1-48(2,3)35-24-27-40-43-30-33(23-28-44(43)49(4,5)45(40)31-35)32-21-25-37(26-22-32)50(36-14-7-6-8-15-36)38-16-11-13-34(29-38)39-18-12-19-42-41-17-9-10-20-46(41)51-47(39)42/h6-31H,1-5H3. The lowest BCUT2D eigenvalue weighted by Crippen LogP contribution is -2.17. The Bertz CT molecular complexity index is 2580. The summed E-state index contributed by atoms with van der Waals surface area (Å²) in [5, 5.41) is 2.28. The molecule has 51 heavy (non-hydrogen) atoms. The van der Waals surface area contributed by atoms with Gasteiger partial charge < -0.3 is 9.32 Å². The SMILES string of the molecule is CC(C)(C)c1ccc2c(c1)C(C)(C)c1ccc(-c3ccc(N(c4ccccc4)c4cccc(-c5cccc6c5oc5ccccc56)c4)cc3)cc1-2. The third-order valence-electron chi connectivity index (χ3n) is 10.8. The molecule has 1 aliphatic rings. The molecule has 0 saturated carbocycles. The van der Waals surface area contributed by atoms with E-state index in [1.165, 1.54) is 38.9 Å². The molecule has 0 saturated heterocycles. The Kier molecular flexibility index (Phi) is 7.09. The summed E-state index contributed by atoms with van der Waals surface area (Å²) in [6.07, 6.45) is 0. The first-order valence-electron chi connectivity index (χ1n) is 17.9. The van der Waals surface area contributed by atoms with Crippen LogP contribution in [0, 0.1) is 0 Å². The van der Waals surface area contributed by atoms with Crippen LogP contribution in [0.4, 0.5) is 17.1 Å². The van der Waals surface area contributed by atoms with Gasteiger partial charge in [-0.25, -0.2) is 0 Å². The molecular formula is C49H41NO. The van der Waals surface area contributed by atoms with Crippen LogP contribution in [0.15, 0.2) is 162 Å². The second-order valence-corrected chi connectivity index (χ2v) is 15.4. The van der Waals surface area contributed by atoms with E-state index in [4.69, 9.17) is 4.42 Å². The Balaban J connectivity index is 1.10. The normalized spacial score (nSPS) is 13.4. The van der Waals surface area contributed by atoms with Crippen molar-refractivity contribution in [2.24, 2.45) is 0 Å². The maximum Gasteiger partial charge on any atom is 0.143 e. The smallest absolute Gasteiger partial charge is 0.143 e. The molecule has 2 nitrogen and oxygen atoms in total. The van der Waals surface area contributed by atoms with Gasteiger partial charge in [-0.1, -0.05) is 144 Å². The average molecular weight is 660 g/mol. The highest BCUT2D eigenvalue weighted by Gasteiger charge is 2.36. The molecule has 0 bridgehead atoms. The number of anilines is 3. The quantitative estimate of drug-likeness (QED) is 0.183. The molecule has 0 N–H and O–H groups in total. The molecule has 1 aliphatic carbocycles. The molecule has 0 spiro atoms. The molecular weight excluding hydrogens is 619 g/mol. The van der Waals surface area contributed by atoms with Gasteiger partial charge in [-0.15, -0.1) is 0 Å². The number of furan rings is 1. The molecule has 7 aromatic carbocycles. The van der Waals surface area contributed by atoms with Gasteiger partial charge >= 0.3 is 0 Å². The summed E-state index contributed by atoms with van der Waals surface area (Å²) >= 11 is 0. The lowest BCUT2D eigenvalue weighted by molar-refractivity contribution is 0.584. The first-order valence-corrected chi connectivity index (χ1v) is 17.9. The van der Waals surface area contributed by atoms with E-state index in [-0.39, 0.29) is 10.8 Å². The maximum atomic E-state index is 6.43. The number of nitrogens with zero attached hydrogens (tertiary/aromatic N) is 1. The van der Waals surface area contributed by atoms with Crippen molar-refractivity contribution in [1.82, 2.24) is 0 Å². The highest BCUT2D eigenvalue weighted by atomic mass is 16.3. The zero-order valence-electron chi connectivity index (χ0n) is 29.9. The number of benzene rings is 7. The minimum atomic E-state index is -0.0328. The summed E-state index contributed by atoms with van der Waals surface area (Å²) in [5.41, 5.74) is 16.8. The van der Waals surface area contributed by atoms with Crippen LogP contribution >= 0.6 is 0 Å². The van der Waals surface area contributed by atoms with Crippen molar-refractivity contribution in [3.63, 3.8) is 0 Å². The minimum absolute atomic E-state index is 0.0328. The predicted octanol–water partition coefficient (Wildman–Crippen LogP) is 14.0. The maximum absolute atomic E-state index is 6.43. The van der Waals surface area contributed by atoms with E-state index in [1.807, 2.05) is 12.1 Å². The van der Waals surface area contributed by atoms with Crippen LogP contribution in [0.1, 0.15) is 51.3 Å². The fraction of sp³-hybridized carbons (Fsp3) is 0.143. The van der Waals surface area contributed by atoms with E-state index in [0.717, 1.165) is 50.1 Å². The summed E-state index contributed by atoms with van der Waals surface area (Å²) in [7, 11) is 0. The molecule has 2 heteroatoms. The second-order valence-electron chi connectivity index (χ2n) is 15.4. The fourth-order valence-electron chi connectivity index (χ4n) is 8.01. The molecule has 0 fully saturated rings. The van der Waals surface area contributed by atoms with Crippen molar-refractivity contribution in [2.75, 3.05) is 4.90 Å². The molecule has 9 rings (SSSR count). The van der Waals surface area contributed by atoms with E-state index in [0.29, 0.717) is 0 Å². The molecule has 0 radical (unpaired) electrons. The van der Waals surface area contributed by atoms with E-state index >= 15 is 0 Å². The van der Waals surface area contributed by atoms with Gasteiger partial charge in [0.1, 0.15) is 11.2 Å². The van der Waals surface area contributed by atoms with Crippen molar-refractivity contribution >= 4 is 39.0 Å². The monoisotopic (exact) mass is 659 g/mol. The van der Waals surface area contributed by atoms with Crippen molar-refractivity contribution in [2.45, 2.75) is 45.4 Å². The van der Waals surface area contributed by atoms with Crippen LogP contribution in [-0.2, 0) is 10.8 Å². The number of hydrogen-bond donors (Lipinski definition) is 0. The first kappa shape index (κ1) is 31.1. The lowest BCUT2D eigenvalue weighted by atomic mass is 9.79. The van der Waals surface area contributed by atoms with Crippen LogP contribution in [0.25, 0.3) is 55.3 Å². The van der Waals surface area contributed by atoms with Crippen LogP contribution in [0.5, 0.6) is 0 Å². The van der Waals surface area contributed by atoms with Gasteiger partial charge in [0.15, 0.2) is 0 Å². The van der Waals surface area contributed by atoms with Crippen molar-refractivity contribution in [3.8, 4) is 33.4 Å². The van der Waals surface area contributed by atoms with Gasteiger partial charge in [0.25, 0.3) is 0 Å². The topological polar surface area (TPSA) is 16.4 Å². The van der Waals surface area contributed by atoms with Crippen molar-refractivity contribution in [3.05, 3.63) is 174 Å². The average Bonchev–Trinajstić information content (AvgIpc) is 3.64. The highest BCUT2D eigenvalue weighted by Crippen LogP contribution is 2.51. The Morgan fingerprint density at radius 2 is 1.16 bits per heavy atom. The molecule has 0 amide bonds. The van der Waals surface area contributed by atoms with Gasteiger partial charge in [0.2, 0.25) is 0 Å². The fourth-order valence-corrected chi connectivity index (χ4v) is 8.01. The summed E-state index contributed by atoms with van der Waals surface area (Å²) in [6, 6.07) is 57.2. The van der Waals surface area contributed by atoms with Gasteiger partial charge in [-0.05, 0) is 98.5 Å². The third kappa shape index (κ3) is 5.17. The Morgan fingerprint density at radius 1 is 0.471 bits per heavy atom. The minimum Gasteiger partial charge on any atom is -0.455 e.